The number of hydrogen-bond donors (Lipinski definition) is 0. The third kappa shape index (κ3) is 9.24. The predicted octanol–water partition coefficient (Wildman–Crippen LogP) is 19.6. The van der Waals surface area contributed by atoms with E-state index in [1.807, 2.05) is 36.4 Å². The largest absolute Gasteiger partial charge is 0.452 e. The highest BCUT2D eigenvalue weighted by molar-refractivity contribution is 7.26. The Morgan fingerprint density at radius 1 is 0.358 bits per heavy atom. The fraction of sp³-hybridized carbons (Fsp3) is 0.167. The number of thiophene rings is 2. The van der Waals surface area contributed by atoms with Crippen LogP contribution in [0.15, 0.2) is 211 Å². The molecule has 0 fully saturated rings. The molecule has 0 saturated carbocycles. The van der Waals surface area contributed by atoms with Crippen molar-refractivity contribution in [2.24, 2.45) is 0 Å². The Morgan fingerprint density at radius 2 is 0.802 bits per heavy atom. The number of para-hydroxylation sites is 1. The van der Waals surface area contributed by atoms with Crippen molar-refractivity contribution in [3.63, 3.8) is 0 Å². The van der Waals surface area contributed by atoms with E-state index in [2.05, 4.69) is 211 Å². The summed E-state index contributed by atoms with van der Waals surface area (Å²) >= 11 is 3.49. The van der Waals surface area contributed by atoms with Gasteiger partial charge in [-0.25, -0.2) is 29.9 Å². The van der Waals surface area contributed by atoms with Crippen molar-refractivity contribution in [2.75, 3.05) is 0 Å². The van der Waals surface area contributed by atoms with Crippen LogP contribution < -0.4 is 0 Å². The van der Waals surface area contributed by atoms with Crippen LogP contribution >= 0.6 is 22.7 Å². The van der Waals surface area contributed by atoms with Crippen LogP contribution in [0.25, 0.3) is 119 Å². The molecule has 0 aliphatic heterocycles. The molecule has 0 N–H and O–H groups in total. The Labute approximate surface area is 479 Å². The SMILES string of the molecule is CC(C)(CCC(C)(C)c1nc(-c2ccccc2)c2oc3ccccc3c2n1)c1nc(-c2ccc(-c3cccc(CC(C)(C)c4nc(-c5cccc(-c6ccccc6)c5)c5c(n4)sc4ccccc45)c3)cc2)c2c(n1)sc1ccccc12. The molecule has 6 aromatic heterocycles. The van der Waals surface area contributed by atoms with Gasteiger partial charge >= 0.3 is 0 Å². The molecule has 0 radical (unpaired) electrons. The molecule has 0 bridgehead atoms. The van der Waals surface area contributed by atoms with Crippen molar-refractivity contribution < 1.29 is 4.42 Å². The van der Waals surface area contributed by atoms with Gasteiger partial charge in [0.05, 0.1) is 11.4 Å². The van der Waals surface area contributed by atoms with Gasteiger partial charge in [-0.05, 0) is 77.4 Å². The van der Waals surface area contributed by atoms with E-state index in [-0.39, 0.29) is 16.2 Å². The second-order valence-electron chi connectivity index (χ2n) is 23.4. The van der Waals surface area contributed by atoms with Gasteiger partial charge in [-0.15, -0.1) is 22.7 Å². The zero-order chi connectivity index (χ0) is 55.0. The van der Waals surface area contributed by atoms with Gasteiger partial charge in [0.1, 0.15) is 43.9 Å². The Bertz CT molecular complexity index is 4710. The zero-order valence-electron chi connectivity index (χ0n) is 46.2. The minimum Gasteiger partial charge on any atom is -0.452 e. The fourth-order valence-corrected chi connectivity index (χ4v) is 13.7. The van der Waals surface area contributed by atoms with Gasteiger partial charge in [0.2, 0.25) is 0 Å². The van der Waals surface area contributed by atoms with Gasteiger partial charge in [0, 0.05) is 69.3 Å². The summed E-state index contributed by atoms with van der Waals surface area (Å²) in [6, 6.07) is 73.0. The van der Waals surface area contributed by atoms with E-state index < -0.39 is 0 Å². The standard InChI is InChI=1S/C72H58N6OS2/c1-70(2,67-75-62(47-24-11-8-12-25-47)64-63(76-67)52-29-13-16-32-55(52)79-64)39-40-71(3,4)68-73-60(58-53-30-14-17-33-56(53)80-65(58)77-68)48-37-35-46(36-38-48)49-26-19-21-44(41-49)43-72(5,6)69-74-61(59-54-31-15-18-34-57(54)81-66(59)78-69)51-28-20-27-50(42-51)45-22-9-7-10-23-45/h7-38,41-42H,39-40,43H2,1-6H3. The molecular weight excluding hydrogens is 1030 g/mol. The molecule has 7 nitrogen and oxygen atoms in total. The van der Waals surface area contributed by atoms with Gasteiger partial charge in [-0.3, -0.25) is 0 Å². The fourth-order valence-electron chi connectivity index (χ4n) is 11.6. The van der Waals surface area contributed by atoms with Crippen LogP contribution in [0.1, 0.15) is 77.4 Å². The van der Waals surface area contributed by atoms with Gasteiger partial charge in [0.25, 0.3) is 0 Å². The minimum atomic E-state index is -0.387. The normalized spacial score (nSPS) is 12.5. The number of furan rings is 1. The van der Waals surface area contributed by atoms with E-state index in [0.29, 0.717) is 5.58 Å². The van der Waals surface area contributed by atoms with Crippen LogP contribution in [0.5, 0.6) is 0 Å². The van der Waals surface area contributed by atoms with Crippen LogP contribution in [0.3, 0.4) is 0 Å². The lowest BCUT2D eigenvalue weighted by atomic mass is 9.77. The van der Waals surface area contributed by atoms with Crippen molar-refractivity contribution in [3.05, 3.63) is 229 Å². The molecule has 8 aromatic carbocycles. The topological polar surface area (TPSA) is 90.5 Å². The average Bonchev–Trinajstić information content (AvgIpc) is 4.26. The van der Waals surface area contributed by atoms with Crippen LogP contribution in [0.4, 0.5) is 0 Å². The lowest BCUT2D eigenvalue weighted by Gasteiger charge is -2.30. The predicted molar refractivity (Wildman–Crippen MR) is 338 cm³/mol. The molecule has 14 rings (SSSR count). The van der Waals surface area contributed by atoms with Crippen molar-refractivity contribution in [3.8, 4) is 56.0 Å². The van der Waals surface area contributed by atoms with Crippen LogP contribution in [-0.4, -0.2) is 29.9 Å². The van der Waals surface area contributed by atoms with E-state index in [9.17, 15) is 0 Å². The smallest absolute Gasteiger partial charge is 0.180 e. The first kappa shape index (κ1) is 50.5. The first-order valence-electron chi connectivity index (χ1n) is 27.8. The molecule has 0 unspecified atom stereocenters. The van der Waals surface area contributed by atoms with Gasteiger partial charge < -0.3 is 4.42 Å². The lowest BCUT2D eigenvalue weighted by Crippen LogP contribution is -2.28. The zero-order valence-corrected chi connectivity index (χ0v) is 47.8. The minimum absolute atomic E-state index is 0.384. The first-order valence-corrected chi connectivity index (χ1v) is 29.5. The monoisotopic (exact) mass is 1090 g/mol. The number of rotatable bonds is 13. The van der Waals surface area contributed by atoms with E-state index in [1.54, 1.807) is 22.7 Å². The average molecular weight is 1090 g/mol. The van der Waals surface area contributed by atoms with Gasteiger partial charge in [-0.1, -0.05) is 217 Å². The molecule has 0 aliphatic rings. The quantitative estimate of drug-likeness (QED) is 0.114. The number of fused-ring (bicyclic) bond motifs is 9. The highest BCUT2D eigenvalue weighted by atomic mass is 32.1. The Kier molecular flexibility index (Phi) is 12.3. The van der Waals surface area contributed by atoms with Crippen LogP contribution in [-0.2, 0) is 22.7 Å². The third-order valence-corrected chi connectivity index (χ3v) is 18.4. The molecule has 0 aliphatic carbocycles. The maximum atomic E-state index is 6.44. The number of hydrogen-bond acceptors (Lipinski definition) is 9. The summed E-state index contributed by atoms with van der Waals surface area (Å²) in [5, 5.41) is 5.57. The highest BCUT2D eigenvalue weighted by Crippen LogP contribution is 2.45. The molecule has 0 saturated heterocycles. The summed E-state index contributed by atoms with van der Waals surface area (Å²) in [6.07, 6.45) is 2.38. The van der Waals surface area contributed by atoms with Crippen molar-refractivity contribution in [1.82, 2.24) is 29.9 Å². The molecule has 394 valence electrons. The van der Waals surface area contributed by atoms with E-state index in [4.69, 9.17) is 34.3 Å². The second kappa shape index (κ2) is 19.8. The molecule has 0 spiro atoms. The van der Waals surface area contributed by atoms with E-state index in [0.717, 1.165) is 119 Å². The Hall–Kier alpha value is -8.76. The number of benzene rings is 8. The first-order chi connectivity index (χ1) is 39.3. The summed E-state index contributed by atoms with van der Waals surface area (Å²) in [4.78, 5) is 34.4. The lowest BCUT2D eigenvalue weighted by molar-refractivity contribution is 0.353. The van der Waals surface area contributed by atoms with Crippen molar-refractivity contribution in [1.29, 1.82) is 0 Å². The Morgan fingerprint density at radius 3 is 1.44 bits per heavy atom. The summed E-state index contributed by atoms with van der Waals surface area (Å²) in [6.45, 7) is 13.6. The number of aromatic nitrogens is 6. The molecular formula is C72H58N6OS2. The number of nitrogens with zero attached hydrogens (tertiary/aromatic N) is 6. The summed E-state index contributed by atoms with van der Waals surface area (Å²) in [7, 11) is 0. The van der Waals surface area contributed by atoms with E-state index in [1.165, 1.54) is 36.9 Å². The summed E-state index contributed by atoms with van der Waals surface area (Å²) in [5.41, 5.74) is 13.0. The molecule has 81 heavy (non-hydrogen) atoms. The van der Waals surface area contributed by atoms with Crippen LogP contribution in [0, 0.1) is 0 Å². The summed E-state index contributed by atoms with van der Waals surface area (Å²) in [5.74, 6) is 2.46. The van der Waals surface area contributed by atoms with Crippen molar-refractivity contribution in [2.45, 2.75) is 77.0 Å². The molecule has 9 heteroatoms. The van der Waals surface area contributed by atoms with Gasteiger partial charge in [-0.2, -0.15) is 0 Å². The van der Waals surface area contributed by atoms with Gasteiger partial charge in [0.15, 0.2) is 5.58 Å². The highest BCUT2D eigenvalue weighted by Gasteiger charge is 2.34. The molecule has 0 atom stereocenters. The summed E-state index contributed by atoms with van der Waals surface area (Å²) < 4.78 is 8.86. The maximum Gasteiger partial charge on any atom is 0.180 e. The molecule has 14 aromatic rings. The Balaban J connectivity index is 0.766. The third-order valence-electron chi connectivity index (χ3n) is 16.2. The van der Waals surface area contributed by atoms with Crippen LogP contribution in [0.2, 0.25) is 0 Å². The maximum absolute atomic E-state index is 6.44. The van der Waals surface area contributed by atoms with E-state index >= 15 is 0 Å². The second-order valence-corrected chi connectivity index (χ2v) is 25.5. The molecule has 6 heterocycles. The van der Waals surface area contributed by atoms with Crippen molar-refractivity contribution >= 4 is 85.3 Å². The molecule has 0 amide bonds.